The molecular weight excluding hydrogens is 504 g/mol. The van der Waals surface area contributed by atoms with E-state index in [-0.39, 0.29) is 5.56 Å². The van der Waals surface area contributed by atoms with Gasteiger partial charge in [-0.1, -0.05) is 47.5 Å². The van der Waals surface area contributed by atoms with Crippen LogP contribution in [0.3, 0.4) is 0 Å². The van der Waals surface area contributed by atoms with E-state index in [9.17, 15) is 22.8 Å². The number of hydrazone groups is 1. The molecule has 1 N–H and O–H groups in total. The Balaban J connectivity index is 1.49. The Morgan fingerprint density at radius 1 is 1.06 bits per heavy atom. The molecule has 35 heavy (non-hydrogen) atoms. The standard InChI is InChI=1S/C24H17Cl2F3N4O2/c25-19-10-17(33-23(35)30-7-8-32-33)11-20(26)18(19)9-14-1-3-15(4-2-14)22(34)16-5-6-21(31-12-16)24(28,29)13-27/h1-6,8,10-12H,7,9,13H2,(H,30,35). The Morgan fingerprint density at radius 2 is 1.71 bits per heavy atom. The monoisotopic (exact) mass is 520 g/mol. The van der Waals surface area contributed by atoms with E-state index in [1.165, 1.54) is 6.07 Å². The van der Waals surface area contributed by atoms with Gasteiger partial charge >= 0.3 is 12.0 Å². The molecular formula is C24H17Cl2F3N4O2. The van der Waals surface area contributed by atoms with Gasteiger partial charge in [0.2, 0.25) is 0 Å². The number of nitrogens with one attached hydrogen (secondary N) is 1. The van der Waals surface area contributed by atoms with E-state index in [0.717, 1.165) is 22.8 Å². The lowest BCUT2D eigenvalue weighted by molar-refractivity contribution is -0.0321. The van der Waals surface area contributed by atoms with Crippen LogP contribution in [-0.2, 0) is 12.3 Å². The minimum Gasteiger partial charge on any atom is -0.331 e. The molecule has 0 aliphatic carbocycles. The second kappa shape index (κ2) is 10.1. The summed E-state index contributed by atoms with van der Waals surface area (Å²) < 4.78 is 39.2. The number of aromatic nitrogens is 1. The fourth-order valence-corrected chi connectivity index (χ4v) is 4.01. The van der Waals surface area contributed by atoms with E-state index in [1.54, 1.807) is 42.6 Å². The molecule has 0 atom stereocenters. The van der Waals surface area contributed by atoms with E-state index in [1.807, 2.05) is 0 Å². The van der Waals surface area contributed by atoms with E-state index in [4.69, 9.17) is 23.2 Å². The highest BCUT2D eigenvalue weighted by atomic mass is 35.5. The van der Waals surface area contributed by atoms with E-state index < -0.39 is 30.1 Å². The van der Waals surface area contributed by atoms with E-state index >= 15 is 0 Å². The minimum absolute atomic E-state index is 0.0993. The fourth-order valence-electron chi connectivity index (χ4n) is 3.41. The molecule has 0 radical (unpaired) electrons. The van der Waals surface area contributed by atoms with Gasteiger partial charge in [-0.3, -0.25) is 9.78 Å². The smallest absolute Gasteiger partial charge is 0.331 e. The molecule has 0 saturated heterocycles. The maximum atomic E-state index is 13.4. The first-order valence-corrected chi connectivity index (χ1v) is 11.1. The lowest BCUT2D eigenvalue weighted by Gasteiger charge is -2.22. The third kappa shape index (κ3) is 5.31. The first-order valence-electron chi connectivity index (χ1n) is 10.3. The number of alkyl halides is 3. The SMILES string of the molecule is O=C(c1ccc(Cc2c(Cl)cc(N3N=CCNC3=O)cc2Cl)cc1)c1ccc(C(F)(F)CF)nc1. The van der Waals surface area contributed by atoms with Gasteiger partial charge in [0.25, 0.3) is 0 Å². The molecule has 2 heterocycles. The minimum atomic E-state index is -3.70. The molecule has 3 aromatic rings. The average Bonchev–Trinajstić information content (AvgIpc) is 2.86. The van der Waals surface area contributed by atoms with Crippen molar-refractivity contribution in [3.63, 3.8) is 0 Å². The second-order valence-corrected chi connectivity index (χ2v) is 8.47. The third-order valence-electron chi connectivity index (χ3n) is 5.27. The molecule has 1 aliphatic rings. The first kappa shape index (κ1) is 24.7. The Morgan fingerprint density at radius 3 is 2.29 bits per heavy atom. The number of ketones is 1. The molecule has 0 unspecified atom stereocenters. The van der Waals surface area contributed by atoms with Crippen molar-refractivity contribution in [3.8, 4) is 0 Å². The summed E-state index contributed by atoms with van der Waals surface area (Å²) in [5, 5.41) is 8.52. The molecule has 2 aromatic carbocycles. The summed E-state index contributed by atoms with van der Waals surface area (Å²) in [5.41, 5.74) is 1.54. The molecule has 180 valence electrons. The van der Waals surface area contributed by atoms with Crippen molar-refractivity contribution in [1.82, 2.24) is 10.3 Å². The van der Waals surface area contributed by atoms with Gasteiger partial charge in [0.1, 0.15) is 5.69 Å². The summed E-state index contributed by atoms with van der Waals surface area (Å²) in [5.74, 6) is -4.11. The number of carbonyl (C=O) groups excluding carboxylic acids is 2. The van der Waals surface area contributed by atoms with Crippen LogP contribution in [0.4, 0.5) is 23.7 Å². The number of amides is 2. The van der Waals surface area contributed by atoms with Crippen LogP contribution in [-0.4, -0.2) is 36.2 Å². The highest BCUT2D eigenvalue weighted by molar-refractivity contribution is 6.36. The zero-order chi connectivity index (χ0) is 25.2. The van der Waals surface area contributed by atoms with Crippen LogP contribution < -0.4 is 10.3 Å². The van der Waals surface area contributed by atoms with Crippen LogP contribution >= 0.6 is 23.2 Å². The topological polar surface area (TPSA) is 74.7 Å². The van der Waals surface area contributed by atoms with Crippen LogP contribution in [0.25, 0.3) is 0 Å². The number of hydrogen-bond acceptors (Lipinski definition) is 4. The Hall–Kier alpha value is -3.43. The highest BCUT2D eigenvalue weighted by Gasteiger charge is 2.33. The van der Waals surface area contributed by atoms with Crippen molar-refractivity contribution < 1.29 is 22.8 Å². The van der Waals surface area contributed by atoms with Crippen molar-refractivity contribution in [2.75, 3.05) is 18.2 Å². The molecule has 11 heteroatoms. The zero-order valence-electron chi connectivity index (χ0n) is 17.9. The van der Waals surface area contributed by atoms with E-state index in [0.29, 0.717) is 39.8 Å². The van der Waals surface area contributed by atoms with Gasteiger partial charge in [-0.05, 0) is 35.4 Å². The van der Waals surface area contributed by atoms with Crippen molar-refractivity contribution in [3.05, 3.63) is 92.7 Å². The molecule has 4 rings (SSSR count). The maximum Gasteiger partial charge on any atom is 0.342 e. The normalized spacial score (nSPS) is 13.6. The summed E-state index contributed by atoms with van der Waals surface area (Å²) in [6, 6.07) is 11.5. The second-order valence-electron chi connectivity index (χ2n) is 7.66. The predicted molar refractivity (Wildman–Crippen MR) is 128 cm³/mol. The number of rotatable bonds is 7. The van der Waals surface area contributed by atoms with Crippen molar-refractivity contribution in [2.24, 2.45) is 5.10 Å². The van der Waals surface area contributed by atoms with Gasteiger partial charge in [0.15, 0.2) is 12.5 Å². The lowest BCUT2D eigenvalue weighted by Crippen LogP contribution is -2.41. The number of urea groups is 1. The van der Waals surface area contributed by atoms with Crippen LogP contribution in [0.15, 0.2) is 59.8 Å². The molecule has 1 aliphatic heterocycles. The number of anilines is 1. The number of hydrogen-bond donors (Lipinski definition) is 1. The average molecular weight is 521 g/mol. The first-order chi connectivity index (χ1) is 16.7. The predicted octanol–water partition coefficient (Wildman–Crippen LogP) is 5.79. The van der Waals surface area contributed by atoms with Crippen LogP contribution in [0, 0.1) is 0 Å². The Bertz CT molecular complexity index is 1280. The lowest BCUT2D eigenvalue weighted by atomic mass is 9.99. The molecule has 0 bridgehead atoms. The van der Waals surface area contributed by atoms with Gasteiger partial charge in [0, 0.05) is 40.0 Å². The molecule has 1 aromatic heterocycles. The molecule has 0 saturated carbocycles. The quantitative estimate of drug-likeness (QED) is 0.401. The summed E-state index contributed by atoms with van der Waals surface area (Å²) >= 11 is 12.9. The van der Waals surface area contributed by atoms with E-state index in [2.05, 4.69) is 15.4 Å². The summed E-state index contributed by atoms with van der Waals surface area (Å²) in [7, 11) is 0. The summed E-state index contributed by atoms with van der Waals surface area (Å²) in [4.78, 5) is 28.2. The third-order valence-corrected chi connectivity index (χ3v) is 5.94. The number of halogens is 5. The number of benzene rings is 2. The van der Waals surface area contributed by atoms with Crippen molar-refractivity contribution in [2.45, 2.75) is 12.3 Å². The highest BCUT2D eigenvalue weighted by Crippen LogP contribution is 2.33. The maximum absolute atomic E-state index is 13.4. The zero-order valence-corrected chi connectivity index (χ0v) is 19.5. The molecule has 2 amide bonds. The van der Waals surface area contributed by atoms with Crippen molar-refractivity contribution in [1.29, 1.82) is 0 Å². The summed E-state index contributed by atoms with van der Waals surface area (Å²) in [6.07, 6.45) is 2.91. The van der Waals surface area contributed by atoms with Crippen molar-refractivity contribution >= 4 is 46.9 Å². The Kier molecular flexibility index (Phi) is 7.09. The molecule has 0 fully saturated rings. The fraction of sp³-hybridized carbons (Fsp3) is 0.167. The Labute approximate surface area is 208 Å². The van der Waals surface area contributed by atoms with Crippen LogP contribution in [0.1, 0.15) is 32.7 Å². The number of pyridine rings is 1. The summed E-state index contributed by atoms with van der Waals surface area (Å²) in [6.45, 7) is -1.53. The van der Waals surface area contributed by atoms with Gasteiger partial charge in [-0.2, -0.15) is 18.9 Å². The van der Waals surface area contributed by atoms with Gasteiger partial charge in [-0.15, -0.1) is 0 Å². The molecule has 6 nitrogen and oxygen atoms in total. The molecule has 0 spiro atoms. The van der Waals surface area contributed by atoms with Crippen LogP contribution in [0.5, 0.6) is 0 Å². The van der Waals surface area contributed by atoms with Gasteiger partial charge < -0.3 is 5.32 Å². The number of nitrogens with zero attached hydrogens (tertiary/aromatic N) is 3. The number of carbonyl (C=O) groups is 2. The van der Waals surface area contributed by atoms with Gasteiger partial charge in [0.05, 0.1) is 12.2 Å². The largest absolute Gasteiger partial charge is 0.342 e. The van der Waals surface area contributed by atoms with Gasteiger partial charge in [-0.25, -0.2) is 9.18 Å². The van der Waals surface area contributed by atoms with Crippen LogP contribution in [0.2, 0.25) is 10.0 Å².